The summed E-state index contributed by atoms with van der Waals surface area (Å²) in [4.78, 5) is 0. The number of fused-ring (bicyclic) bond motifs is 1. The molecule has 27 heavy (non-hydrogen) atoms. The summed E-state index contributed by atoms with van der Waals surface area (Å²) in [5.74, 6) is 1.36. The number of anilines is 1. The van der Waals surface area contributed by atoms with Gasteiger partial charge in [0.1, 0.15) is 0 Å². The molecule has 0 saturated heterocycles. The van der Waals surface area contributed by atoms with Crippen LogP contribution in [0.15, 0.2) is 60.7 Å². The lowest BCUT2D eigenvalue weighted by molar-refractivity contribution is 0.355. The Hall–Kier alpha value is -2.79. The zero-order chi connectivity index (χ0) is 19.1. The predicted octanol–water partition coefficient (Wildman–Crippen LogP) is 4.78. The van der Waals surface area contributed by atoms with Crippen LogP contribution in [0.1, 0.15) is 12.0 Å². The molecule has 2 N–H and O–H groups in total. The third kappa shape index (κ3) is 4.89. The Morgan fingerprint density at radius 1 is 0.926 bits per heavy atom. The zero-order valence-electron chi connectivity index (χ0n) is 15.6. The Balaban J connectivity index is 1.50. The first kappa shape index (κ1) is 19.0. The highest BCUT2D eigenvalue weighted by atomic mass is 32.1. The SMILES string of the molecule is COc1ccc(NC(=S)NCCCc2cccc3ccccc23)cc1OC. The quantitative estimate of drug-likeness (QED) is 0.456. The van der Waals surface area contributed by atoms with Gasteiger partial charge in [-0.3, -0.25) is 0 Å². The fourth-order valence-electron chi connectivity index (χ4n) is 3.08. The highest BCUT2D eigenvalue weighted by molar-refractivity contribution is 7.80. The number of thiocarbonyl (C=S) groups is 1. The van der Waals surface area contributed by atoms with Crippen LogP contribution in [0.4, 0.5) is 5.69 Å². The number of hydrogen-bond acceptors (Lipinski definition) is 3. The Labute approximate surface area is 165 Å². The Morgan fingerprint density at radius 3 is 2.52 bits per heavy atom. The van der Waals surface area contributed by atoms with Crippen LogP contribution in [-0.4, -0.2) is 25.9 Å². The topological polar surface area (TPSA) is 42.5 Å². The van der Waals surface area contributed by atoms with E-state index >= 15 is 0 Å². The number of methoxy groups -OCH3 is 2. The van der Waals surface area contributed by atoms with Crippen molar-refractivity contribution < 1.29 is 9.47 Å². The molecule has 4 nitrogen and oxygen atoms in total. The zero-order valence-corrected chi connectivity index (χ0v) is 16.4. The van der Waals surface area contributed by atoms with Crippen LogP contribution >= 0.6 is 12.2 Å². The fourth-order valence-corrected chi connectivity index (χ4v) is 3.30. The van der Waals surface area contributed by atoms with Crippen molar-refractivity contribution in [2.75, 3.05) is 26.1 Å². The summed E-state index contributed by atoms with van der Waals surface area (Å²) in [5, 5.41) is 9.65. The van der Waals surface area contributed by atoms with Crippen LogP contribution in [0.5, 0.6) is 11.5 Å². The maximum absolute atomic E-state index is 5.39. The van der Waals surface area contributed by atoms with Gasteiger partial charge in [-0.1, -0.05) is 42.5 Å². The van der Waals surface area contributed by atoms with Gasteiger partial charge in [0.25, 0.3) is 0 Å². The van der Waals surface area contributed by atoms with Gasteiger partial charge in [-0.15, -0.1) is 0 Å². The van der Waals surface area contributed by atoms with Crippen molar-refractivity contribution in [2.24, 2.45) is 0 Å². The molecule has 3 rings (SSSR count). The molecule has 3 aromatic rings. The molecule has 0 heterocycles. The minimum atomic E-state index is 0.597. The number of nitrogens with one attached hydrogen (secondary N) is 2. The summed E-state index contributed by atoms with van der Waals surface area (Å²) >= 11 is 5.39. The van der Waals surface area contributed by atoms with Gasteiger partial charge in [0, 0.05) is 18.3 Å². The van der Waals surface area contributed by atoms with E-state index in [1.165, 1.54) is 16.3 Å². The normalized spacial score (nSPS) is 10.4. The van der Waals surface area contributed by atoms with E-state index in [9.17, 15) is 0 Å². The average molecular weight is 381 g/mol. The smallest absolute Gasteiger partial charge is 0.170 e. The predicted molar refractivity (Wildman–Crippen MR) is 116 cm³/mol. The minimum Gasteiger partial charge on any atom is -0.493 e. The summed E-state index contributed by atoms with van der Waals surface area (Å²) in [6.07, 6.45) is 2.01. The van der Waals surface area contributed by atoms with Gasteiger partial charge >= 0.3 is 0 Å². The van der Waals surface area contributed by atoms with Gasteiger partial charge in [-0.2, -0.15) is 0 Å². The monoisotopic (exact) mass is 380 g/mol. The lowest BCUT2D eigenvalue weighted by Gasteiger charge is -2.13. The van der Waals surface area contributed by atoms with Gasteiger partial charge in [0.2, 0.25) is 0 Å². The first-order chi connectivity index (χ1) is 13.2. The van der Waals surface area contributed by atoms with Crippen molar-refractivity contribution in [3.05, 3.63) is 66.2 Å². The molecule has 0 bridgehead atoms. The number of benzene rings is 3. The second-order valence-corrected chi connectivity index (χ2v) is 6.60. The van der Waals surface area contributed by atoms with E-state index in [2.05, 4.69) is 53.1 Å². The molecule has 0 spiro atoms. The van der Waals surface area contributed by atoms with E-state index in [1.54, 1.807) is 14.2 Å². The van der Waals surface area contributed by atoms with Crippen LogP contribution < -0.4 is 20.1 Å². The van der Waals surface area contributed by atoms with Gasteiger partial charge in [-0.25, -0.2) is 0 Å². The second-order valence-electron chi connectivity index (χ2n) is 6.19. The number of rotatable bonds is 7. The molecule has 5 heteroatoms. The molecule has 0 aromatic heterocycles. The summed E-state index contributed by atoms with van der Waals surface area (Å²) < 4.78 is 10.6. The minimum absolute atomic E-state index is 0.597. The lowest BCUT2D eigenvalue weighted by Crippen LogP contribution is -2.29. The summed E-state index contributed by atoms with van der Waals surface area (Å²) in [5.41, 5.74) is 2.23. The third-order valence-electron chi connectivity index (χ3n) is 4.43. The van der Waals surface area contributed by atoms with Gasteiger partial charge in [0.15, 0.2) is 16.6 Å². The van der Waals surface area contributed by atoms with E-state index in [0.717, 1.165) is 25.1 Å². The highest BCUT2D eigenvalue weighted by Gasteiger charge is 2.06. The molecule has 0 aliphatic carbocycles. The Bertz CT molecular complexity index is 922. The van der Waals surface area contributed by atoms with E-state index in [1.807, 2.05) is 18.2 Å². The van der Waals surface area contributed by atoms with Crippen molar-refractivity contribution >= 4 is 33.8 Å². The molecular weight excluding hydrogens is 356 g/mol. The molecule has 0 amide bonds. The highest BCUT2D eigenvalue weighted by Crippen LogP contribution is 2.29. The van der Waals surface area contributed by atoms with E-state index < -0.39 is 0 Å². The summed E-state index contributed by atoms with van der Waals surface area (Å²) in [6.45, 7) is 0.808. The van der Waals surface area contributed by atoms with Crippen LogP contribution in [-0.2, 0) is 6.42 Å². The molecule has 140 valence electrons. The molecule has 0 unspecified atom stereocenters. The average Bonchev–Trinajstić information content (AvgIpc) is 2.71. The maximum atomic E-state index is 5.39. The van der Waals surface area contributed by atoms with Crippen molar-refractivity contribution in [1.29, 1.82) is 0 Å². The second kappa shape index (κ2) is 9.24. The Kier molecular flexibility index (Phi) is 6.49. The van der Waals surface area contributed by atoms with Crippen LogP contribution in [0.2, 0.25) is 0 Å². The summed E-state index contributed by atoms with van der Waals surface area (Å²) in [7, 11) is 3.23. The molecule has 0 aliphatic rings. The molecule has 0 radical (unpaired) electrons. The van der Waals surface area contributed by atoms with E-state index in [-0.39, 0.29) is 0 Å². The standard InChI is InChI=1S/C22H24N2O2S/c1-25-20-13-12-18(15-21(20)26-2)24-22(27)23-14-6-10-17-9-5-8-16-7-3-4-11-19(16)17/h3-5,7-9,11-13,15H,6,10,14H2,1-2H3,(H2,23,24,27). The van der Waals surface area contributed by atoms with Crippen molar-refractivity contribution in [3.63, 3.8) is 0 Å². The van der Waals surface area contributed by atoms with Crippen LogP contribution in [0, 0.1) is 0 Å². The Morgan fingerprint density at radius 2 is 1.70 bits per heavy atom. The van der Waals surface area contributed by atoms with Gasteiger partial charge in [-0.05, 0) is 53.5 Å². The number of ether oxygens (including phenoxy) is 2. The largest absolute Gasteiger partial charge is 0.493 e. The molecule has 0 aliphatic heterocycles. The lowest BCUT2D eigenvalue weighted by atomic mass is 10.0. The van der Waals surface area contributed by atoms with E-state index in [4.69, 9.17) is 21.7 Å². The first-order valence-corrected chi connectivity index (χ1v) is 9.35. The van der Waals surface area contributed by atoms with E-state index in [0.29, 0.717) is 16.6 Å². The van der Waals surface area contributed by atoms with Crippen molar-refractivity contribution in [1.82, 2.24) is 5.32 Å². The molecule has 0 saturated carbocycles. The third-order valence-corrected chi connectivity index (χ3v) is 4.68. The van der Waals surface area contributed by atoms with Crippen molar-refractivity contribution in [3.8, 4) is 11.5 Å². The number of aryl methyl sites for hydroxylation is 1. The molecule has 0 fully saturated rings. The van der Waals surface area contributed by atoms with Crippen LogP contribution in [0.3, 0.4) is 0 Å². The maximum Gasteiger partial charge on any atom is 0.170 e. The molecular formula is C22H24N2O2S. The van der Waals surface area contributed by atoms with Gasteiger partial charge in [0.05, 0.1) is 14.2 Å². The summed E-state index contributed by atoms with van der Waals surface area (Å²) in [6, 6.07) is 20.6. The first-order valence-electron chi connectivity index (χ1n) is 8.95. The van der Waals surface area contributed by atoms with Crippen LogP contribution in [0.25, 0.3) is 10.8 Å². The number of hydrogen-bond donors (Lipinski definition) is 2. The molecule has 0 atom stereocenters. The fraction of sp³-hybridized carbons (Fsp3) is 0.227. The van der Waals surface area contributed by atoms with Gasteiger partial charge < -0.3 is 20.1 Å². The van der Waals surface area contributed by atoms with Crippen molar-refractivity contribution in [2.45, 2.75) is 12.8 Å². The molecule has 3 aromatic carbocycles.